The minimum atomic E-state index is -0.157. The highest BCUT2D eigenvalue weighted by atomic mass is 32.2. The summed E-state index contributed by atoms with van der Waals surface area (Å²) in [6, 6.07) is 6.05. The molecule has 1 atom stereocenters. The van der Waals surface area contributed by atoms with Crippen LogP contribution in [0.2, 0.25) is 0 Å². The fourth-order valence-corrected chi connectivity index (χ4v) is 6.19. The topological polar surface area (TPSA) is 83.6 Å². The molecule has 0 radical (unpaired) electrons. The molecule has 29 heavy (non-hydrogen) atoms. The second-order valence-corrected chi connectivity index (χ2v) is 10.0. The van der Waals surface area contributed by atoms with Gasteiger partial charge in [-0.1, -0.05) is 25.1 Å². The van der Waals surface area contributed by atoms with Crippen LogP contribution < -0.4 is 5.32 Å². The zero-order valence-corrected chi connectivity index (χ0v) is 18.7. The maximum absolute atomic E-state index is 12.2. The summed E-state index contributed by atoms with van der Waals surface area (Å²) in [5, 5.41) is 23.6. The number of amides is 1. The summed E-state index contributed by atoms with van der Waals surface area (Å²) >= 11 is 4.51. The fourth-order valence-electron chi connectivity index (χ4n) is 3.50. The molecule has 0 bridgehead atoms. The van der Waals surface area contributed by atoms with Crippen molar-refractivity contribution in [3.8, 4) is 16.8 Å². The Morgan fingerprint density at radius 3 is 3.14 bits per heavy atom. The smallest absolute Gasteiger partial charge is 0.235 e. The average Bonchev–Trinajstić information content (AvgIpc) is 3.43. The van der Waals surface area contributed by atoms with Gasteiger partial charge in [-0.15, -0.1) is 32.9 Å². The van der Waals surface area contributed by atoms with Crippen LogP contribution in [0, 0.1) is 17.2 Å². The lowest BCUT2D eigenvalue weighted by Crippen LogP contribution is -2.14. The summed E-state index contributed by atoms with van der Waals surface area (Å²) in [5.74, 6) is 1.70. The van der Waals surface area contributed by atoms with Gasteiger partial charge < -0.3 is 9.88 Å². The first-order valence-corrected chi connectivity index (χ1v) is 12.2. The summed E-state index contributed by atoms with van der Waals surface area (Å²) in [6.45, 7) is 2.27. The van der Waals surface area contributed by atoms with Gasteiger partial charge in [0.2, 0.25) is 5.91 Å². The highest BCUT2D eigenvalue weighted by Crippen LogP contribution is 2.38. The lowest BCUT2D eigenvalue weighted by Gasteiger charge is -2.19. The Morgan fingerprint density at radius 2 is 2.34 bits per heavy atom. The maximum atomic E-state index is 12.2. The number of thioether (sulfide) groups is 1. The van der Waals surface area contributed by atoms with Gasteiger partial charge in [-0.25, -0.2) is 0 Å². The standard InChI is InChI=1S/C20H21N5OS3/c1-3-12-4-5-15-14(8-12)9-16(29-15)18-23-24-20(25(18)2)28-11-17(26)22-19-13(10-21)6-7-27-19/h6-7,9,12H,3-5,8,11H2,1-2H3,(H,22,26)/t12-/m0/s1. The molecule has 3 heterocycles. The van der Waals surface area contributed by atoms with E-state index in [0.29, 0.717) is 15.7 Å². The number of nitrogens with one attached hydrogen (secondary N) is 1. The molecule has 0 spiro atoms. The van der Waals surface area contributed by atoms with Crippen LogP contribution in [0.15, 0.2) is 22.7 Å². The van der Waals surface area contributed by atoms with E-state index in [-0.39, 0.29) is 11.7 Å². The van der Waals surface area contributed by atoms with E-state index in [1.54, 1.807) is 11.4 Å². The third-order valence-corrected chi connectivity index (χ3v) is 8.27. The van der Waals surface area contributed by atoms with E-state index >= 15 is 0 Å². The predicted molar refractivity (Wildman–Crippen MR) is 119 cm³/mol. The Bertz CT molecular complexity index is 1070. The van der Waals surface area contributed by atoms with Gasteiger partial charge >= 0.3 is 0 Å². The number of rotatable bonds is 6. The van der Waals surface area contributed by atoms with Crippen LogP contribution >= 0.6 is 34.4 Å². The Morgan fingerprint density at radius 1 is 1.48 bits per heavy atom. The number of nitriles is 1. The maximum Gasteiger partial charge on any atom is 0.235 e. The molecular weight excluding hydrogens is 422 g/mol. The van der Waals surface area contributed by atoms with E-state index in [1.807, 2.05) is 23.0 Å². The number of aryl methyl sites for hydroxylation is 1. The van der Waals surface area contributed by atoms with E-state index in [1.165, 1.54) is 46.4 Å². The van der Waals surface area contributed by atoms with Gasteiger partial charge in [0, 0.05) is 11.9 Å². The van der Waals surface area contributed by atoms with Crippen molar-refractivity contribution in [2.24, 2.45) is 13.0 Å². The van der Waals surface area contributed by atoms with Crippen LogP contribution in [0.5, 0.6) is 0 Å². The Labute approximate surface area is 182 Å². The van der Waals surface area contributed by atoms with E-state index in [0.717, 1.165) is 29.5 Å². The number of nitrogens with zero attached hydrogens (tertiary/aromatic N) is 4. The molecule has 0 fully saturated rings. The van der Waals surface area contributed by atoms with Crippen molar-refractivity contribution in [1.29, 1.82) is 5.26 Å². The minimum Gasteiger partial charge on any atom is -0.316 e. The van der Waals surface area contributed by atoms with Crippen molar-refractivity contribution in [2.75, 3.05) is 11.1 Å². The van der Waals surface area contributed by atoms with Crippen molar-refractivity contribution < 1.29 is 4.79 Å². The third-order valence-electron chi connectivity index (χ3n) is 5.19. The summed E-state index contributed by atoms with van der Waals surface area (Å²) in [5.41, 5.74) is 1.95. The second kappa shape index (κ2) is 8.69. The van der Waals surface area contributed by atoms with Gasteiger partial charge in [-0.3, -0.25) is 4.79 Å². The van der Waals surface area contributed by atoms with Gasteiger partial charge in [-0.05, 0) is 48.3 Å². The van der Waals surface area contributed by atoms with Crippen LogP contribution in [0.3, 0.4) is 0 Å². The Hall–Kier alpha value is -2.15. The number of hydrogen-bond donors (Lipinski definition) is 1. The SMILES string of the molecule is CC[C@H]1CCc2sc(-c3nnc(SCC(=O)Nc4sccc4C#N)n3C)cc2C1. The van der Waals surface area contributed by atoms with Crippen LogP contribution in [0.4, 0.5) is 5.00 Å². The number of fused-ring (bicyclic) bond motifs is 1. The average molecular weight is 444 g/mol. The first kappa shape index (κ1) is 20.1. The highest BCUT2D eigenvalue weighted by molar-refractivity contribution is 7.99. The van der Waals surface area contributed by atoms with Crippen LogP contribution in [-0.2, 0) is 24.7 Å². The predicted octanol–water partition coefficient (Wildman–Crippen LogP) is 4.72. The number of thiophene rings is 2. The largest absolute Gasteiger partial charge is 0.316 e. The summed E-state index contributed by atoms with van der Waals surface area (Å²) in [6.07, 6.45) is 4.83. The van der Waals surface area contributed by atoms with Gasteiger partial charge in [0.25, 0.3) is 0 Å². The van der Waals surface area contributed by atoms with E-state index in [2.05, 4.69) is 34.6 Å². The number of hydrogen-bond acceptors (Lipinski definition) is 7. The summed E-state index contributed by atoms with van der Waals surface area (Å²) in [7, 11) is 1.94. The molecule has 9 heteroatoms. The Kier molecular flexibility index (Phi) is 6.04. The van der Waals surface area contributed by atoms with Crippen LogP contribution in [-0.4, -0.2) is 26.4 Å². The zero-order chi connectivity index (χ0) is 20.4. The lowest BCUT2D eigenvalue weighted by atomic mass is 9.87. The molecule has 0 unspecified atom stereocenters. The van der Waals surface area contributed by atoms with Gasteiger partial charge in [0.1, 0.15) is 11.1 Å². The van der Waals surface area contributed by atoms with Crippen molar-refractivity contribution in [3.63, 3.8) is 0 Å². The number of aromatic nitrogens is 3. The minimum absolute atomic E-state index is 0.157. The molecule has 0 saturated heterocycles. The van der Waals surface area contributed by atoms with Gasteiger partial charge in [0.15, 0.2) is 11.0 Å². The van der Waals surface area contributed by atoms with Crippen molar-refractivity contribution in [2.45, 2.75) is 37.8 Å². The van der Waals surface area contributed by atoms with Crippen molar-refractivity contribution >= 4 is 45.3 Å². The highest BCUT2D eigenvalue weighted by Gasteiger charge is 2.22. The molecular formula is C20H21N5OS3. The van der Waals surface area contributed by atoms with Gasteiger partial charge in [0.05, 0.1) is 16.2 Å². The lowest BCUT2D eigenvalue weighted by molar-refractivity contribution is -0.113. The van der Waals surface area contributed by atoms with Crippen molar-refractivity contribution in [1.82, 2.24) is 14.8 Å². The summed E-state index contributed by atoms with van der Waals surface area (Å²) in [4.78, 5) is 14.9. The molecule has 0 aliphatic heterocycles. The number of carbonyl (C=O) groups is 1. The third kappa shape index (κ3) is 4.25. The molecule has 1 N–H and O–H groups in total. The first-order chi connectivity index (χ1) is 14.1. The molecule has 0 saturated carbocycles. The first-order valence-electron chi connectivity index (χ1n) is 9.50. The summed E-state index contributed by atoms with van der Waals surface area (Å²) < 4.78 is 1.96. The molecule has 150 valence electrons. The quantitative estimate of drug-likeness (QED) is 0.557. The van der Waals surface area contributed by atoms with E-state index in [9.17, 15) is 4.79 Å². The molecule has 1 aliphatic carbocycles. The van der Waals surface area contributed by atoms with Crippen LogP contribution in [0.25, 0.3) is 10.7 Å². The molecule has 3 aromatic heterocycles. The second-order valence-electron chi connectivity index (χ2n) is 7.05. The number of anilines is 1. The van der Waals surface area contributed by atoms with Crippen molar-refractivity contribution in [3.05, 3.63) is 33.5 Å². The van der Waals surface area contributed by atoms with Crippen LogP contribution in [0.1, 0.15) is 35.8 Å². The molecule has 3 aromatic rings. The van der Waals surface area contributed by atoms with E-state index < -0.39 is 0 Å². The fraction of sp³-hybridized carbons (Fsp3) is 0.400. The number of carbonyl (C=O) groups excluding carboxylic acids is 1. The molecule has 6 nitrogen and oxygen atoms in total. The normalized spacial score (nSPS) is 15.7. The molecule has 1 aliphatic rings. The molecule has 1 amide bonds. The molecule has 0 aromatic carbocycles. The Balaban J connectivity index is 1.42. The van der Waals surface area contributed by atoms with E-state index in [4.69, 9.17) is 5.26 Å². The zero-order valence-electron chi connectivity index (χ0n) is 16.3. The molecule has 4 rings (SSSR count). The van der Waals surface area contributed by atoms with Gasteiger partial charge in [-0.2, -0.15) is 5.26 Å². The monoisotopic (exact) mass is 443 g/mol.